The monoisotopic (exact) mass is 690 g/mol. The van der Waals surface area contributed by atoms with Crippen LogP contribution in [0.15, 0.2) is 60.7 Å². The number of aliphatic carboxylic acids is 1. The number of rotatable bonds is 11. The highest BCUT2D eigenvalue weighted by Gasteiger charge is 2.37. The minimum Gasteiger partial charge on any atom is -0.481 e. The third kappa shape index (κ3) is 9.96. The molecule has 48 heavy (non-hydrogen) atoms. The molecule has 5 nitrogen and oxygen atoms in total. The first-order valence-corrected chi connectivity index (χ1v) is 15.3. The van der Waals surface area contributed by atoms with E-state index in [4.69, 9.17) is 0 Å². The normalized spacial score (nSPS) is 17.2. The Kier molecular flexibility index (Phi) is 11.1. The largest absolute Gasteiger partial charge is 0.573 e. The average Bonchev–Trinajstić information content (AvgIpc) is 2.98. The highest BCUT2D eigenvalue weighted by molar-refractivity contribution is 5.70. The first-order valence-electron chi connectivity index (χ1n) is 15.3. The number of ether oxygens (including phenoxy) is 1. The van der Waals surface area contributed by atoms with Crippen LogP contribution in [0.3, 0.4) is 0 Å². The van der Waals surface area contributed by atoms with Gasteiger partial charge in [-0.2, -0.15) is 26.3 Å². The number of halogens is 9. The second-order valence-electron chi connectivity index (χ2n) is 12.0. The molecule has 0 atom stereocenters. The van der Waals surface area contributed by atoms with Crippen LogP contribution < -0.4 is 14.5 Å². The molecule has 4 rings (SSSR count). The number of carboxylic acid groups (broad SMARTS) is 1. The standard InChI is InChI=1S/C34H35F9N2O3/c1-3-44(18-22-7-9-24(10-8-22)31(46)47)30-12-11-29(48-34(41,42)43)16-25(30)20-45(28-6-4-5-21(2)13-28)19-23-14-26(32(35,36)37)17-27(15-23)33(38,39)40/h4-6,11-17,22,24H,3,7-10,18-20H2,1-2H3,(H,46,47). The first-order chi connectivity index (χ1) is 22.3. The van der Waals surface area contributed by atoms with Crippen LogP contribution in [-0.4, -0.2) is 30.5 Å². The fourth-order valence-electron chi connectivity index (χ4n) is 6.10. The Balaban J connectivity index is 1.77. The average molecular weight is 691 g/mol. The number of aryl methyl sites for hydroxylation is 1. The molecule has 0 spiro atoms. The van der Waals surface area contributed by atoms with Gasteiger partial charge in [0.2, 0.25) is 0 Å². The summed E-state index contributed by atoms with van der Waals surface area (Å²) in [6.45, 7) is 3.82. The van der Waals surface area contributed by atoms with Crippen molar-refractivity contribution in [2.45, 2.75) is 71.3 Å². The molecule has 0 saturated heterocycles. The molecule has 262 valence electrons. The molecular weight excluding hydrogens is 655 g/mol. The van der Waals surface area contributed by atoms with Crippen molar-refractivity contribution in [3.8, 4) is 5.75 Å². The SMILES string of the molecule is CCN(CC1CCC(C(=O)O)CC1)c1ccc(OC(F)(F)F)cc1CN(Cc1cc(C(F)(F)F)cc(C(F)(F)F)c1)c1cccc(C)c1. The highest BCUT2D eigenvalue weighted by atomic mass is 19.4. The van der Waals surface area contributed by atoms with Crippen LogP contribution in [0.1, 0.15) is 60.4 Å². The lowest BCUT2D eigenvalue weighted by molar-refractivity contribution is -0.274. The summed E-state index contributed by atoms with van der Waals surface area (Å²) in [7, 11) is 0. The fraction of sp³-hybridized carbons (Fsp3) is 0.441. The Labute approximate surface area is 271 Å². The summed E-state index contributed by atoms with van der Waals surface area (Å²) in [6, 6.07) is 11.8. The summed E-state index contributed by atoms with van der Waals surface area (Å²) in [4.78, 5) is 14.9. The smallest absolute Gasteiger partial charge is 0.481 e. The van der Waals surface area contributed by atoms with E-state index in [1.165, 1.54) is 17.0 Å². The van der Waals surface area contributed by atoms with Gasteiger partial charge in [-0.25, -0.2) is 0 Å². The third-order valence-corrected chi connectivity index (χ3v) is 8.43. The zero-order valence-corrected chi connectivity index (χ0v) is 26.1. The Morgan fingerprint density at radius 3 is 1.96 bits per heavy atom. The van der Waals surface area contributed by atoms with Gasteiger partial charge in [0.15, 0.2) is 0 Å². The first kappa shape index (κ1) is 36.7. The van der Waals surface area contributed by atoms with Crippen molar-refractivity contribution in [3.63, 3.8) is 0 Å². The Bertz CT molecular complexity index is 1530. The molecular formula is C34H35F9N2O3. The second-order valence-corrected chi connectivity index (χ2v) is 12.0. The molecule has 0 bridgehead atoms. The predicted molar refractivity (Wildman–Crippen MR) is 162 cm³/mol. The summed E-state index contributed by atoms with van der Waals surface area (Å²) >= 11 is 0. The van der Waals surface area contributed by atoms with E-state index in [0.717, 1.165) is 11.6 Å². The molecule has 0 aliphatic heterocycles. The zero-order valence-electron chi connectivity index (χ0n) is 26.1. The molecule has 0 radical (unpaired) electrons. The Morgan fingerprint density at radius 1 is 0.812 bits per heavy atom. The van der Waals surface area contributed by atoms with Crippen LogP contribution >= 0.6 is 0 Å². The molecule has 1 saturated carbocycles. The van der Waals surface area contributed by atoms with Crippen molar-refractivity contribution in [2.75, 3.05) is 22.9 Å². The van der Waals surface area contributed by atoms with Gasteiger partial charge in [-0.3, -0.25) is 4.79 Å². The van der Waals surface area contributed by atoms with Crippen LogP contribution in [0.2, 0.25) is 0 Å². The van der Waals surface area contributed by atoms with Gasteiger partial charge in [-0.15, -0.1) is 13.2 Å². The Morgan fingerprint density at radius 2 is 1.44 bits per heavy atom. The van der Waals surface area contributed by atoms with E-state index in [9.17, 15) is 49.4 Å². The van der Waals surface area contributed by atoms with E-state index >= 15 is 0 Å². The van der Waals surface area contributed by atoms with Gasteiger partial charge >= 0.3 is 24.7 Å². The molecule has 0 aromatic heterocycles. The van der Waals surface area contributed by atoms with E-state index in [2.05, 4.69) is 4.74 Å². The molecule has 1 fully saturated rings. The van der Waals surface area contributed by atoms with Gasteiger partial charge < -0.3 is 19.6 Å². The minimum absolute atomic E-state index is 0.0413. The molecule has 1 aliphatic carbocycles. The van der Waals surface area contributed by atoms with E-state index in [0.29, 0.717) is 67.8 Å². The maximum absolute atomic E-state index is 13.7. The lowest BCUT2D eigenvalue weighted by atomic mass is 9.81. The van der Waals surface area contributed by atoms with Crippen LogP contribution in [0.25, 0.3) is 0 Å². The molecule has 3 aromatic carbocycles. The molecule has 1 aliphatic rings. The number of alkyl halides is 9. The highest BCUT2D eigenvalue weighted by Crippen LogP contribution is 2.38. The number of carboxylic acids is 1. The van der Waals surface area contributed by atoms with Gasteiger partial charge in [0.25, 0.3) is 0 Å². The number of hydrogen-bond acceptors (Lipinski definition) is 4. The van der Waals surface area contributed by atoms with Gasteiger partial charge in [0.05, 0.1) is 17.0 Å². The van der Waals surface area contributed by atoms with Crippen molar-refractivity contribution < 1.29 is 54.2 Å². The maximum Gasteiger partial charge on any atom is 0.573 e. The maximum atomic E-state index is 13.7. The number of nitrogens with zero attached hydrogens (tertiary/aromatic N) is 2. The van der Waals surface area contributed by atoms with Crippen molar-refractivity contribution in [1.82, 2.24) is 0 Å². The molecule has 0 amide bonds. The molecule has 14 heteroatoms. The van der Waals surface area contributed by atoms with E-state index < -0.39 is 54.0 Å². The summed E-state index contributed by atoms with van der Waals surface area (Å²) in [5.74, 6) is -1.75. The van der Waals surface area contributed by atoms with Gasteiger partial charge in [-0.1, -0.05) is 12.1 Å². The van der Waals surface area contributed by atoms with Gasteiger partial charge in [0, 0.05) is 37.6 Å². The molecule has 0 unspecified atom stereocenters. The van der Waals surface area contributed by atoms with Crippen LogP contribution in [0.4, 0.5) is 50.9 Å². The number of benzene rings is 3. The minimum atomic E-state index is -5.06. The molecule has 3 aromatic rings. The second kappa shape index (κ2) is 14.6. The van der Waals surface area contributed by atoms with Crippen molar-refractivity contribution in [3.05, 3.63) is 88.5 Å². The summed E-state index contributed by atoms with van der Waals surface area (Å²) in [6.07, 6.45) is -12.9. The summed E-state index contributed by atoms with van der Waals surface area (Å²) in [5.41, 5.74) is -1.30. The number of carbonyl (C=O) groups is 1. The van der Waals surface area contributed by atoms with Crippen LogP contribution in [-0.2, 0) is 30.2 Å². The lowest BCUT2D eigenvalue weighted by Gasteiger charge is -2.34. The van der Waals surface area contributed by atoms with Crippen LogP contribution in [0, 0.1) is 18.8 Å². The number of hydrogen-bond donors (Lipinski definition) is 1. The van der Waals surface area contributed by atoms with E-state index in [1.54, 1.807) is 31.2 Å². The zero-order chi connectivity index (χ0) is 35.4. The Hall–Kier alpha value is -4.10. The fourth-order valence-corrected chi connectivity index (χ4v) is 6.10. The van der Waals surface area contributed by atoms with Gasteiger partial charge in [-0.05, 0) is 111 Å². The van der Waals surface area contributed by atoms with E-state index in [-0.39, 0.29) is 24.1 Å². The predicted octanol–water partition coefficient (Wildman–Crippen LogP) is 9.86. The molecule has 1 N–H and O–H groups in total. The van der Waals surface area contributed by atoms with Gasteiger partial charge in [0.1, 0.15) is 5.75 Å². The lowest BCUT2D eigenvalue weighted by Crippen LogP contribution is -2.34. The van der Waals surface area contributed by atoms with E-state index in [1.807, 2.05) is 11.8 Å². The molecule has 0 heterocycles. The van der Waals surface area contributed by atoms with Crippen molar-refractivity contribution >= 4 is 17.3 Å². The number of anilines is 2. The summed E-state index contributed by atoms with van der Waals surface area (Å²) in [5, 5.41) is 9.37. The topological polar surface area (TPSA) is 53.0 Å². The van der Waals surface area contributed by atoms with Crippen molar-refractivity contribution in [1.29, 1.82) is 0 Å². The quantitative estimate of drug-likeness (QED) is 0.203. The van der Waals surface area contributed by atoms with Crippen molar-refractivity contribution in [2.24, 2.45) is 11.8 Å². The van der Waals surface area contributed by atoms with Crippen LogP contribution in [0.5, 0.6) is 5.75 Å². The summed E-state index contributed by atoms with van der Waals surface area (Å²) < 4.78 is 126. The third-order valence-electron chi connectivity index (χ3n) is 8.43.